The van der Waals surface area contributed by atoms with E-state index in [2.05, 4.69) is 10.2 Å². The maximum atomic E-state index is 11.2. The summed E-state index contributed by atoms with van der Waals surface area (Å²) in [6.07, 6.45) is 0. The lowest BCUT2D eigenvalue weighted by Crippen LogP contribution is -1.96. The number of aromatic nitrogens is 2. The van der Waals surface area contributed by atoms with Gasteiger partial charge in [-0.1, -0.05) is 6.07 Å². The first-order chi connectivity index (χ1) is 10.5. The molecule has 7 heteroatoms. The highest BCUT2D eigenvalue weighted by Crippen LogP contribution is 2.34. The zero-order chi connectivity index (χ0) is 15.9. The summed E-state index contributed by atoms with van der Waals surface area (Å²) in [6.45, 7) is 1.82. The lowest BCUT2D eigenvalue weighted by atomic mass is 10.0. The van der Waals surface area contributed by atoms with Gasteiger partial charge in [0, 0.05) is 11.5 Å². The van der Waals surface area contributed by atoms with Gasteiger partial charge >= 0.3 is 5.97 Å². The van der Waals surface area contributed by atoms with Gasteiger partial charge in [0.25, 0.3) is 5.69 Å². The number of aryl methyl sites for hydroxylation is 1. The first-order valence-electron chi connectivity index (χ1n) is 6.44. The predicted octanol–water partition coefficient (Wildman–Crippen LogP) is 3.14. The van der Waals surface area contributed by atoms with E-state index in [1.54, 1.807) is 18.2 Å². The van der Waals surface area contributed by atoms with Crippen LogP contribution in [0.25, 0.3) is 22.2 Å². The fourth-order valence-corrected chi connectivity index (χ4v) is 2.35. The Labute approximate surface area is 124 Å². The summed E-state index contributed by atoms with van der Waals surface area (Å²) in [5, 5.41) is 27.7. The van der Waals surface area contributed by atoms with E-state index in [1.165, 1.54) is 18.2 Å². The summed E-state index contributed by atoms with van der Waals surface area (Å²) in [5.74, 6) is -1.06. The van der Waals surface area contributed by atoms with Crippen LogP contribution >= 0.6 is 0 Å². The lowest BCUT2D eigenvalue weighted by Gasteiger charge is -2.03. The van der Waals surface area contributed by atoms with Gasteiger partial charge in [-0.15, -0.1) is 0 Å². The first kappa shape index (κ1) is 13.7. The normalized spacial score (nSPS) is 10.8. The number of nitrogens with one attached hydrogen (secondary N) is 1. The number of nitro benzene ring substituents is 1. The van der Waals surface area contributed by atoms with Crippen molar-refractivity contribution < 1.29 is 14.8 Å². The number of aromatic carboxylic acids is 1. The van der Waals surface area contributed by atoms with Crippen molar-refractivity contribution in [3.8, 4) is 11.3 Å². The quantitative estimate of drug-likeness (QED) is 0.570. The summed E-state index contributed by atoms with van der Waals surface area (Å²) in [4.78, 5) is 21.8. The maximum Gasteiger partial charge on any atom is 0.335 e. The third-order valence-corrected chi connectivity index (χ3v) is 3.41. The largest absolute Gasteiger partial charge is 0.478 e. The highest BCUT2D eigenvalue weighted by atomic mass is 16.6. The molecular weight excluding hydrogens is 286 g/mol. The molecule has 3 rings (SSSR count). The average Bonchev–Trinajstić information content (AvgIpc) is 2.89. The Morgan fingerprint density at radius 1 is 1.27 bits per heavy atom. The molecule has 0 spiro atoms. The second kappa shape index (κ2) is 4.96. The molecule has 2 N–H and O–H groups in total. The minimum atomic E-state index is -1.06. The molecule has 22 heavy (non-hydrogen) atoms. The molecule has 0 unspecified atom stereocenters. The van der Waals surface area contributed by atoms with Crippen molar-refractivity contribution in [2.75, 3.05) is 0 Å². The van der Waals surface area contributed by atoms with Gasteiger partial charge in [-0.05, 0) is 36.8 Å². The fraction of sp³-hybridized carbons (Fsp3) is 0.0667. The smallest absolute Gasteiger partial charge is 0.335 e. The average molecular weight is 297 g/mol. The van der Waals surface area contributed by atoms with Crippen molar-refractivity contribution in [3.63, 3.8) is 0 Å². The van der Waals surface area contributed by atoms with Gasteiger partial charge in [0.1, 0.15) is 5.69 Å². The van der Waals surface area contributed by atoms with Crippen molar-refractivity contribution >= 4 is 22.6 Å². The highest BCUT2D eigenvalue weighted by Gasteiger charge is 2.20. The third-order valence-electron chi connectivity index (χ3n) is 3.41. The minimum Gasteiger partial charge on any atom is -0.478 e. The van der Waals surface area contributed by atoms with Crippen LogP contribution in [0.1, 0.15) is 15.9 Å². The Morgan fingerprint density at radius 3 is 2.73 bits per heavy atom. The molecule has 0 bridgehead atoms. The van der Waals surface area contributed by atoms with Crippen molar-refractivity contribution in [1.82, 2.24) is 10.2 Å². The second-order valence-electron chi connectivity index (χ2n) is 4.92. The van der Waals surface area contributed by atoms with Crippen LogP contribution in [0.5, 0.6) is 0 Å². The van der Waals surface area contributed by atoms with E-state index in [-0.39, 0.29) is 11.3 Å². The van der Waals surface area contributed by atoms with E-state index in [9.17, 15) is 14.9 Å². The molecule has 0 saturated heterocycles. The van der Waals surface area contributed by atoms with Gasteiger partial charge in [-0.2, -0.15) is 5.10 Å². The second-order valence-corrected chi connectivity index (χ2v) is 4.92. The van der Waals surface area contributed by atoms with Crippen LogP contribution in [0.4, 0.5) is 5.69 Å². The van der Waals surface area contributed by atoms with E-state index in [0.717, 1.165) is 5.56 Å². The Kier molecular flexibility index (Phi) is 3.10. The standard InChI is InChI=1S/C15H11N3O4/c1-8-2-5-13(18(21)22)11(6-8)14-10-7-9(15(19)20)3-4-12(10)16-17-14/h2-7H,1H3,(H,16,17)(H,19,20). The van der Waals surface area contributed by atoms with Crippen LogP contribution in [-0.2, 0) is 0 Å². The van der Waals surface area contributed by atoms with Gasteiger partial charge < -0.3 is 5.11 Å². The Morgan fingerprint density at radius 2 is 2.05 bits per heavy atom. The molecule has 1 aromatic heterocycles. The SMILES string of the molecule is Cc1ccc([N+](=O)[O-])c(-c2n[nH]c3ccc(C(=O)O)cc23)c1. The molecule has 110 valence electrons. The number of carboxylic acids is 1. The third kappa shape index (κ3) is 2.18. The lowest BCUT2D eigenvalue weighted by molar-refractivity contribution is -0.384. The Balaban J connectivity index is 2.31. The molecule has 3 aromatic rings. The van der Waals surface area contributed by atoms with Crippen LogP contribution < -0.4 is 0 Å². The fourth-order valence-electron chi connectivity index (χ4n) is 2.35. The number of nitro groups is 1. The molecule has 2 aromatic carbocycles. The van der Waals surface area contributed by atoms with Gasteiger partial charge in [-0.25, -0.2) is 4.79 Å². The molecule has 0 fully saturated rings. The molecule has 0 atom stereocenters. The number of benzene rings is 2. The van der Waals surface area contributed by atoms with E-state index < -0.39 is 10.9 Å². The molecule has 0 aliphatic carbocycles. The number of fused-ring (bicyclic) bond motifs is 1. The Bertz CT molecular complexity index is 914. The van der Waals surface area contributed by atoms with E-state index in [4.69, 9.17) is 5.11 Å². The number of nitrogens with zero attached hydrogens (tertiary/aromatic N) is 2. The number of carboxylic acid groups (broad SMARTS) is 1. The van der Waals surface area contributed by atoms with Gasteiger partial charge in [0.15, 0.2) is 0 Å². The molecule has 0 aliphatic rings. The molecule has 1 heterocycles. The number of aromatic amines is 1. The monoisotopic (exact) mass is 297 g/mol. The molecular formula is C15H11N3O4. The molecule has 0 saturated carbocycles. The molecule has 0 amide bonds. The summed E-state index contributed by atoms with van der Waals surface area (Å²) in [5.41, 5.74) is 2.24. The van der Waals surface area contributed by atoms with Gasteiger partial charge in [0.2, 0.25) is 0 Å². The molecule has 7 nitrogen and oxygen atoms in total. The van der Waals surface area contributed by atoms with Crippen molar-refractivity contribution in [3.05, 3.63) is 57.6 Å². The van der Waals surface area contributed by atoms with Crippen LogP contribution in [-0.4, -0.2) is 26.2 Å². The number of rotatable bonds is 3. The number of H-pyrrole nitrogens is 1. The minimum absolute atomic E-state index is 0.0697. The van der Waals surface area contributed by atoms with E-state index in [1.807, 2.05) is 6.92 Å². The van der Waals surface area contributed by atoms with E-state index in [0.29, 0.717) is 22.2 Å². The summed E-state index contributed by atoms with van der Waals surface area (Å²) >= 11 is 0. The molecule has 0 radical (unpaired) electrons. The van der Waals surface area contributed by atoms with Crippen molar-refractivity contribution in [2.45, 2.75) is 6.92 Å². The number of carbonyl (C=O) groups is 1. The highest BCUT2D eigenvalue weighted by molar-refractivity contribution is 6.00. The van der Waals surface area contributed by atoms with Crippen LogP contribution in [0.3, 0.4) is 0 Å². The topological polar surface area (TPSA) is 109 Å². The summed E-state index contributed by atoms with van der Waals surface area (Å²) in [7, 11) is 0. The van der Waals surface area contributed by atoms with Crippen LogP contribution in [0.15, 0.2) is 36.4 Å². The molecule has 0 aliphatic heterocycles. The number of hydrogen-bond donors (Lipinski definition) is 2. The van der Waals surface area contributed by atoms with Crippen molar-refractivity contribution in [1.29, 1.82) is 0 Å². The number of hydrogen-bond acceptors (Lipinski definition) is 4. The maximum absolute atomic E-state index is 11.2. The predicted molar refractivity (Wildman–Crippen MR) is 79.9 cm³/mol. The first-order valence-corrected chi connectivity index (χ1v) is 6.44. The van der Waals surface area contributed by atoms with Gasteiger partial charge in [0.05, 0.1) is 21.6 Å². The Hall–Kier alpha value is -3.22. The summed E-state index contributed by atoms with van der Waals surface area (Å²) < 4.78 is 0. The zero-order valence-electron chi connectivity index (χ0n) is 11.5. The van der Waals surface area contributed by atoms with Crippen LogP contribution in [0.2, 0.25) is 0 Å². The summed E-state index contributed by atoms with van der Waals surface area (Å²) in [6, 6.07) is 9.25. The van der Waals surface area contributed by atoms with Crippen molar-refractivity contribution in [2.24, 2.45) is 0 Å². The van der Waals surface area contributed by atoms with E-state index >= 15 is 0 Å². The van der Waals surface area contributed by atoms with Crippen LogP contribution in [0, 0.1) is 17.0 Å². The van der Waals surface area contributed by atoms with Gasteiger partial charge in [-0.3, -0.25) is 15.2 Å². The zero-order valence-corrected chi connectivity index (χ0v) is 11.5.